The Bertz CT molecular complexity index is 1140. The highest BCUT2D eigenvalue weighted by Crippen LogP contribution is 2.19. The second-order valence-corrected chi connectivity index (χ2v) is 6.87. The summed E-state index contributed by atoms with van der Waals surface area (Å²) < 4.78 is 16.1. The number of carbonyl (C=O) groups is 2. The molecular weight excluding hydrogens is 420 g/mol. The van der Waals surface area contributed by atoms with E-state index in [0.717, 1.165) is 5.56 Å². The minimum absolute atomic E-state index is 0.176. The van der Waals surface area contributed by atoms with Crippen molar-refractivity contribution in [2.75, 3.05) is 13.7 Å². The third-order valence-corrected chi connectivity index (χ3v) is 4.49. The van der Waals surface area contributed by atoms with E-state index in [0.29, 0.717) is 34.8 Å². The van der Waals surface area contributed by atoms with Crippen LogP contribution in [-0.4, -0.2) is 31.8 Å². The van der Waals surface area contributed by atoms with Gasteiger partial charge in [0.25, 0.3) is 5.91 Å². The molecule has 0 aromatic heterocycles. The summed E-state index contributed by atoms with van der Waals surface area (Å²) in [5, 5.41) is 3.94. The van der Waals surface area contributed by atoms with Crippen LogP contribution in [0.5, 0.6) is 17.2 Å². The van der Waals surface area contributed by atoms with E-state index in [1.54, 1.807) is 67.8 Å². The molecule has 168 valence electrons. The first kappa shape index (κ1) is 23.3. The number of esters is 1. The van der Waals surface area contributed by atoms with E-state index in [2.05, 4.69) is 17.1 Å². The van der Waals surface area contributed by atoms with Crippen LogP contribution in [0.1, 0.15) is 21.5 Å². The minimum atomic E-state index is -0.492. The molecule has 0 radical (unpaired) electrons. The molecule has 1 amide bonds. The topological polar surface area (TPSA) is 86.2 Å². The van der Waals surface area contributed by atoms with Gasteiger partial charge >= 0.3 is 5.97 Å². The Morgan fingerprint density at radius 3 is 2.55 bits per heavy atom. The van der Waals surface area contributed by atoms with Gasteiger partial charge in [-0.1, -0.05) is 36.4 Å². The smallest absolute Gasteiger partial charge is 0.343 e. The van der Waals surface area contributed by atoms with Crippen molar-refractivity contribution < 1.29 is 23.8 Å². The summed E-state index contributed by atoms with van der Waals surface area (Å²) in [6.07, 6.45) is 3.87. The standard InChI is InChI=1S/C26H24N2O5/c1-3-7-20-9-4-5-11-24(20)32-18-25(29)28-27-17-19-8-6-10-23(16-19)33-26(30)21-12-14-22(31-2)15-13-21/h3-6,8-17H,1,7,18H2,2H3,(H,28,29)/b27-17+. The van der Waals surface area contributed by atoms with Gasteiger partial charge in [0.2, 0.25) is 0 Å². The summed E-state index contributed by atoms with van der Waals surface area (Å²) in [5.41, 5.74) is 4.41. The average molecular weight is 444 g/mol. The molecule has 0 spiro atoms. The second-order valence-electron chi connectivity index (χ2n) is 6.87. The average Bonchev–Trinajstić information content (AvgIpc) is 2.84. The molecule has 0 saturated carbocycles. The fourth-order valence-corrected chi connectivity index (χ4v) is 2.87. The van der Waals surface area contributed by atoms with Crippen molar-refractivity contribution >= 4 is 18.1 Å². The van der Waals surface area contributed by atoms with Crippen molar-refractivity contribution in [3.8, 4) is 17.2 Å². The van der Waals surface area contributed by atoms with E-state index in [-0.39, 0.29) is 6.61 Å². The molecule has 0 unspecified atom stereocenters. The highest BCUT2D eigenvalue weighted by molar-refractivity contribution is 5.91. The van der Waals surface area contributed by atoms with Crippen molar-refractivity contribution in [2.24, 2.45) is 5.10 Å². The first-order chi connectivity index (χ1) is 16.1. The van der Waals surface area contributed by atoms with E-state index >= 15 is 0 Å². The molecule has 0 atom stereocenters. The number of carbonyl (C=O) groups excluding carboxylic acids is 2. The zero-order valence-corrected chi connectivity index (χ0v) is 18.2. The Labute approximate surface area is 192 Å². The second kappa shape index (κ2) is 11.9. The molecule has 3 aromatic carbocycles. The number of methoxy groups -OCH3 is 1. The Hall–Kier alpha value is -4.39. The zero-order chi connectivity index (χ0) is 23.5. The van der Waals surface area contributed by atoms with Crippen LogP contribution >= 0.6 is 0 Å². The molecule has 33 heavy (non-hydrogen) atoms. The van der Waals surface area contributed by atoms with E-state index in [1.807, 2.05) is 18.2 Å². The maximum atomic E-state index is 12.3. The van der Waals surface area contributed by atoms with Gasteiger partial charge < -0.3 is 14.2 Å². The van der Waals surface area contributed by atoms with Crippen molar-refractivity contribution in [2.45, 2.75) is 6.42 Å². The van der Waals surface area contributed by atoms with Gasteiger partial charge in [-0.3, -0.25) is 4.79 Å². The van der Waals surface area contributed by atoms with E-state index in [1.165, 1.54) is 6.21 Å². The number of hydrogen-bond donors (Lipinski definition) is 1. The zero-order valence-electron chi connectivity index (χ0n) is 18.2. The number of allylic oxidation sites excluding steroid dienone is 1. The normalized spacial score (nSPS) is 10.5. The van der Waals surface area contributed by atoms with Crippen molar-refractivity contribution in [3.05, 3.63) is 102 Å². The number of amides is 1. The predicted octanol–water partition coefficient (Wildman–Crippen LogP) is 4.17. The summed E-state index contributed by atoms with van der Waals surface area (Å²) in [6, 6.07) is 20.9. The third-order valence-electron chi connectivity index (χ3n) is 4.49. The van der Waals surface area contributed by atoms with Crippen LogP contribution in [0.2, 0.25) is 0 Å². The molecule has 0 aliphatic rings. The van der Waals surface area contributed by atoms with Gasteiger partial charge in [0, 0.05) is 0 Å². The minimum Gasteiger partial charge on any atom is -0.497 e. The molecule has 3 rings (SSSR count). The lowest BCUT2D eigenvalue weighted by Crippen LogP contribution is -2.24. The van der Waals surface area contributed by atoms with Gasteiger partial charge in [0.15, 0.2) is 6.61 Å². The first-order valence-corrected chi connectivity index (χ1v) is 10.2. The van der Waals surface area contributed by atoms with Crippen LogP contribution < -0.4 is 19.6 Å². The van der Waals surface area contributed by atoms with Gasteiger partial charge in [0.1, 0.15) is 17.2 Å². The number of hydrogen-bond acceptors (Lipinski definition) is 6. The highest BCUT2D eigenvalue weighted by atomic mass is 16.5. The summed E-state index contributed by atoms with van der Waals surface area (Å²) in [7, 11) is 1.55. The molecule has 0 aliphatic carbocycles. The number of nitrogens with one attached hydrogen (secondary N) is 1. The van der Waals surface area contributed by atoms with Gasteiger partial charge in [-0.2, -0.15) is 5.10 Å². The number of ether oxygens (including phenoxy) is 3. The van der Waals surface area contributed by atoms with Crippen LogP contribution in [0.15, 0.2) is 90.6 Å². The van der Waals surface area contributed by atoms with Crippen LogP contribution in [0.4, 0.5) is 0 Å². The fraction of sp³-hybridized carbons (Fsp3) is 0.115. The lowest BCUT2D eigenvalue weighted by molar-refractivity contribution is -0.123. The molecule has 0 aliphatic heterocycles. The molecule has 1 N–H and O–H groups in total. The number of rotatable bonds is 10. The van der Waals surface area contributed by atoms with Crippen LogP contribution in [0, 0.1) is 0 Å². The van der Waals surface area contributed by atoms with Crippen LogP contribution in [0.3, 0.4) is 0 Å². The fourth-order valence-electron chi connectivity index (χ4n) is 2.87. The molecule has 7 heteroatoms. The molecular formula is C26H24N2O5. The van der Waals surface area contributed by atoms with Gasteiger partial charge in [0.05, 0.1) is 18.9 Å². The third kappa shape index (κ3) is 7.07. The maximum Gasteiger partial charge on any atom is 0.343 e. The molecule has 0 heterocycles. The molecule has 7 nitrogen and oxygen atoms in total. The lowest BCUT2D eigenvalue weighted by atomic mass is 10.1. The SMILES string of the molecule is C=CCc1ccccc1OCC(=O)N/N=C/c1cccc(OC(=O)c2ccc(OC)cc2)c1. The Balaban J connectivity index is 1.52. The summed E-state index contributed by atoms with van der Waals surface area (Å²) >= 11 is 0. The monoisotopic (exact) mass is 444 g/mol. The van der Waals surface area contributed by atoms with E-state index in [9.17, 15) is 9.59 Å². The van der Waals surface area contributed by atoms with Crippen LogP contribution in [0.25, 0.3) is 0 Å². The van der Waals surface area contributed by atoms with Gasteiger partial charge in [-0.15, -0.1) is 6.58 Å². The lowest BCUT2D eigenvalue weighted by Gasteiger charge is -2.09. The first-order valence-electron chi connectivity index (χ1n) is 10.2. The van der Waals surface area contributed by atoms with E-state index < -0.39 is 11.9 Å². The summed E-state index contributed by atoms with van der Waals surface area (Å²) in [4.78, 5) is 24.4. The summed E-state index contributed by atoms with van der Waals surface area (Å²) in [5.74, 6) is 0.741. The highest BCUT2D eigenvalue weighted by Gasteiger charge is 2.09. The summed E-state index contributed by atoms with van der Waals surface area (Å²) in [6.45, 7) is 3.54. The molecule has 0 fully saturated rings. The largest absolute Gasteiger partial charge is 0.497 e. The predicted molar refractivity (Wildman–Crippen MR) is 126 cm³/mol. The molecule has 0 saturated heterocycles. The Morgan fingerprint density at radius 2 is 1.79 bits per heavy atom. The Kier molecular flexibility index (Phi) is 8.36. The van der Waals surface area contributed by atoms with Crippen molar-refractivity contribution in [1.29, 1.82) is 0 Å². The number of nitrogens with zero attached hydrogens (tertiary/aromatic N) is 1. The van der Waals surface area contributed by atoms with E-state index in [4.69, 9.17) is 14.2 Å². The van der Waals surface area contributed by atoms with Crippen molar-refractivity contribution in [3.63, 3.8) is 0 Å². The number of para-hydroxylation sites is 1. The molecule has 0 bridgehead atoms. The van der Waals surface area contributed by atoms with Crippen molar-refractivity contribution in [1.82, 2.24) is 5.43 Å². The van der Waals surface area contributed by atoms with Crippen LogP contribution in [-0.2, 0) is 11.2 Å². The van der Waals surface area contributed by atoms with Gasteiger partial charge in [-0.05, 0) is 60.0 Å². The number of benzene rings is 3. The molecule has 3 aromatic rings. The van der Waals surface area contributed by atoms with Gasteiger partial charge in [-0.25, -0.2) is 10.2 Å². The Morgan fingerprint density at radius 1 is 1.00 bits per heavy atom. The quantitative estimate of drug-likeness (QED) is 0.167. The number of hydrazone groups is 1. The maximum absolute atomic E-state index is 12.3.